The maximum Gasteiger partial charge on any atom is 0.411 e. The highest BCUT2D eigenvalue weighted by Crippen LogP contribution is 2.38. The van der Waals surface area contributed by atoms with Crippen molar-refractivity contribution in [1.82, 2.24) is 20.4 Å². The quantitative estimate of drug-likeness (QED) is 0.307. The van der Waals surface area contributed by atoms with Crippen LogP contribution in [0.25, 0.3) is 11.3 Å². The molecule has 0 atom stereocenters. The third kappa shape index (κ3) is 8.36. The van der Waals surface area contributed by atoms with Gasteiger partial charge in [0.15, 0.2) is 0 Å². The van der Waals surface area contributed by atoms with Gasteiger partial charge in [-0.1, -0.05) is 42.5 Å². The molecule has 0 bridgehead atoms. The summed E-state index contributed by atoms with van der Waals surface area (Å²) in [6, 6.07) is 18.6. The fourth-order valence-corrected chi connectivity index (χ4v) is 6.35. The summed E-state index contributed by atoms with van der Waals surface area (Å²) >= 11 is 0. The Bertz CT molecular complexity index is 1560. The zero-order chi connectivity index (χ0) is 34.6. The number of carbonyl (C=O) groups excluding carboxylic acids is 2. The standard InChI is InChI=1S/C35H42F3N5O5/c1-32(2,3)48-31(46)43-19-15-34(16-20-43,47-24-35(36,37)38)30(45)39-23-33(25-9-5-4-6-10-25)13-17-42(18-14-33)26-21-28(41-40-22-26)27-11-7-8-12-29(27)44/h4-12,21-22,44H,13-20,23-24H2,1-3H3,(H,39,45). The van der Waals surface area contributed by atoms with Crippen molar-refractivity contribution < 1.29 is 37.3 Å². The normalized spacial score (nSPS) is 17.9. The molecule has 3 heterocycles. The number of nitrogens with zero attached hydrogens (tertiary/aromatic N) is 4. The number of halogens is 3. The van der Waals surface area contributed by atoms with E-state index < -0.39 is 41.4 Å². The highest BCUT2D eigenvalue weighted by atomic mass is 19.4. The monoisotopic (exact) mass is 669 g/mol. The fourth-order valence-electron chi connectivity index (χ4n) is 6.35. The molecule has 0 aliphatic carbocycles. The molecule has 0 spiro atoms. The van der Waals surface area contributed by atoms with Crippen LogP contribution in [0.2, 0.25) is 0 Å². The number of benzene rings is 2. The van der Waals surface area contributed by atoms with Gasteiger partial charge in [0, 0.05) is 56.5 Å². The number of phenolic OH excluding ortho intramolecular Hbond substituents is 1. The average molecular weight is 670 g/mol. The van der Waals surface area contributed by atoms with Gasteiger partial charge in [-0.05, 0) is 57.4 Å². The van der Waals surface area contributed by atoms with E-state index in [1.807, 2.05) is 42.5 Å². The van der Waals surface area contributed by atoms with Crippen LogP contribution in [0.15, 0.2) is 66.9 Å². The summed E-state index contributed by atoms with van der Waals surface area (Å²) in [6.45, 7) is 5.05. The molecule has 13 heteroatoms. The van der Waals surface area contributed by atoms with Gasteiger partial charge in [0.2, 0.25) is 0 Å². The highest BCUT2D eigenvalue weighted by molar-refractivity contribution is 5.86. The van der Waals surface area contributed by atoms with Crippen LogP contribution in [0, 0.1) is 0 Å². The van der Waals surface area contributed by atoms with Crippen molar-refractivity contribution in [2.24, 2.45) is 0 Å². The predicted molar refractivity (Wildman–Crippen MR) is 173 cm³/mol. The van der Waals surface area contributed by atoms with E-state index in [0.29, 0.717) is 37.2 Å². The van der Waals surface area contributed by atoms with Gasteiger partial charge in [-0.15, -0.1) is 0 Å². The van der Waals surface area contributed by atoms with Crippen molar-refractivity contribution >= 4 is 17.7 Å². The van der Waals surface area contributed by atoms with Gasteiger partial charge in [-0.25, -0.2) is 4.79 Å². The van der Waals surface area contributed by atoms with Crippen LogP contribution in [0.3, 0.4) is 0 Å². The van der Waals surface area contributed by atoms with Crippen molar-refractivity contribution in [2.75, 3.05) is 44.2 Å². The fraction of sp³-hybridized carbons (Fsp3) is 0.486. The summed E-state index contributed by atoms with van der Waals surface area (Å²) in [7, 11) is 0. The number of aromatic hydroxyl groups is 1. The minimum Gasteiger partial charge on any atom is -0.507 e. The van der Waals surface area contributed by atoms with Gasteiger partial charge in [0.1, 0.15) is 23.6 Å². The number of hydrogen-bond acceptors (Lipinski definition) is 8. The number of phenols is 1. The summed E-state index contributed by atoms with van der Waals surface area (Å²) in [6.07, 6.45) is -2.48. The largest absolute Gasteiger partial charge is 0.507 e. The summed E-state index contributed by atoms with van der Waals surface area (Å²) in [5, 5.41) is 21.7. The van der Waals surface area contributed by atoms with Crippen LogP contribution in [-0.4, -0.2) is 88.9 Å². The van der Waals surface area contributed by atoms with Crippen LogP contribution in [0.5, 0.6) is 5.75 Å². The van der Waals surface area contributed by atoms with Crippen molar-refractivity contribution in [3.63, 3.8) is 0 Å². The molecule has 48 heavy (non-hydrogen) atoms. The molecule has 3 aromatic rings. The number of ether oxygens (including phenoxy) is 2. The van der Waals surface area contributed by atoms with E-state index in [4.69, 9.17) is 9.47 Å². The first kappa shape index (κ1) is 34.9. The Labute approximate surface area is 278 Å². The Morgan fingerprint density at radius 1 is 0.938 bits per heavy atom. The van der Waals surface area contributed by atoms with Gasteiger partial charge in [-0.3, -0.25) is 4.79 Å². The Morgan fingerprint density at radius 2 is 1.58 bits per heavy atom. The molecule has 0 saturated carbocycles. The molecule has 1 aromatic heterocycles. The zero-order valence-corrected chi connectivity index (χ0v) is 27.4. The van der Waals surface area contributed by atoms with E-state index in [0.717, 1.165) is 11.3 Å². The summed E-state index contributed by atoms with van der Waals surface area (Å²) in [4.78, 5) is 30.1. The third-order valence-corrected chi connectivity index (χ3v) is 9.03. The SMILES string of the molecule is CC(C)(C)OC(=O)N1CCC(OCC(F)(F)F)(C(=O)NCC2(c3ccccc3)CCN(c3cnnc(-c4ccccc4O)c3)CC2)CC1. The van der Waals surface area contributed by atoms with E-state index in [1.165, 1.54) is 4.90 Å². The predicted octanol–water partition coefficient (Wildman–Crippen LogP) is 5.85. The number of nitrogens with one attached hydrogen (secondary N) is 1. The van der Waals surface area contributed by atoms with Crippen LogP contribution in [0.4, 0.5) is 23.7 Å². The molecule has 0 radical (unpaired) electrons. The van der Waals surface area contributed by atoms with Gasteiger partial charge in [0.05, 0.1) is 17.6 Å². The van der Waals surface area contributed by atoms with Crippen LogP contribution in [0.1, 0.15) is 52.0 Å². The number of aromatic nitrogens is 2. The Morgan fingerprint density at radius 3 is 2.21 bits per heavy atom. The average Bonchev–Trinajstić information content (AvgIpc) is 3.06. The van der Waals surface area contributed by atoms with E-state index in [1.54, 1.807) is 45.2 Å². The molecule has 2 saturated heterocycles. The van der Waals surface area contributed by atoms with Gasteiger partial charge < -0.3 is 29.7 Å². The number of anilines is 1. The topological polar surface area (TPSA) is 117 Å². The van der Waals surface area contributed by atoms with Crippen molar-refractivity contribution in [1.29, 1.82) is 0 Å². The molecule has 2 aliphatic rings. The maximum absolute atomic E-state index is 13.9. The van der Waals surface area contributed by atoms with Crippen molar-refractivity contribution in [3.05, 3.63) is 72.4 Å². The first-order chi connectivity index (χ1) is 22.7. The molecule has 2 amide bonds. The lowest BCUT2D eigenvalue weighted by atomic mass is 9.72. The summed E-state index contributed by atoms with van der Waals surface area (Å²) in [5.41, 5.74) is -0.0321. The molecule has 258 valence electrons. The van der Waals surface area contributed by atoms with Gasteiger partial charge >= 0.3 is 12.3 Å². The molecular weight excluding hydrogens is 627 g/mol. The van der Waals surface area contributed by atoms with Crippen molar-refractivity contribution in [3.8, 4) is 17.0 Å². The lowest BCUT2D eigenvalue weighted by Gasteiger charge is -2.45. The number of para-hydroxylation sites is 1. The number of likely N-dealkylation sites (tertiary alicyclic amines) is 1. The van der Waals surface area contributed by atoms with Crippen LogP contribution < -0.4 is 10.2 Å². The first-order valence-corrected chi connectivity index (χ1v) is 16.1. The third-order valence-electron chi connectivity index (χ3n) is 9.03. The molecule has 2 aliphatic heterocycles. The first-order valence-electron chi connectivity index (χ1n) is 16.1. The smallest absolute Gasteiger partial charge is 0.411 e. The number of amides is 2. The molecule has 5 rings (SSSR count). The summed E-state index contributed by atoms with van der Waals surface area (Å²) in [5.74, 6) is -0.520. The molecule has 2 aromatic carbocycles. The Kier molecular flexibility index (Phi) is 10.2. The lowest BCUT2D eigenvalue weighted by molar-refractivity contribution is -0.212. The number of rotatable bonds is 8. The second-order valence-electron chi connectivity index (χ2n) is 13.5. The number of piperidine rings is 2. The maximum atomic E-state index is 13.9. The second-order valence-corrected chi connectivity index (χ2v) is 13.5. The number of carbonyl (C=O) groups is 2. The van der Waals surface area contributed by atoms with Crippen LogP contribution >= 0.6 is 0 Å². The van der Waals surface area contributed by atoms with Crippen molar-refractivity contribution in [2.45, 2.75) is 69.2 Å². The van der Waals surface area contributed by atoms with E-state index >= 15 is 0 Å². The molecular formula is C35H42F3N5O5. The number of hydrogen-bond donors (Lipinski definition) is 2. The zero-order valence-electron chi connectivity index (χ0n) is 27.4. The second kappa shape index (κ2) is 14.0. The van der Waals surface area contributed by atoms with E-state index in [2.05, 4.69) is 20.4 Å². The Hall–Kier alpha value is -4.39. The van der Waals surface area contributed by atoms with Gasteiger partial charge in [0.25, 0.3) is 5.91 Å². The molecule has 10 nitrogen and oxygen atoms in total. The lowest BCUT2D eigenvalue weighted by Crippen LogP contribution is -2.59. The van der Waals surface area contributed by atoms with Crippen LogP contribution in [-0.2, 0) is 19.7 Å². The minimum absolute atomic E-state index is 0.0156. The Balaban J connectivity index is 1.31. The highest BCUT2D eigenvalue weighted by Gasteiger charge is 2.47. The minimum atomic E-state index is -4.63. The van der Waals surface area contributed by atoms with E-state index in [-0.39, 0.29) is 38.2 Å². The van der Waals surface area contributed by atoms with E-state index in [9.17, 15) is 27.9 Å². The molecule has 2 N–H and O–H groups in total. The van der Waals surface area contributed by atoms with Gasteiger partial charge in [-0.2, -0.15) is 23.4 Å². The summed E-state index contributed by atoms with van der Waals surface area (Å²) < 4.78 is 50.8. The number of alkyl halides is 3. The molecule has 0 unspecified atom stereocenters. The molecule has 2 fully saturated rings.